The molecule has 1 N–H and O–H groups in total. The number of amides is 1. The molecule has 0 atom stereocenters. The van der Waals surface area contributed by atoms with Gasteiger partial charge in [-0.25, -0.2) is 4.98 Å². The predicted molar refractivity (Wildman–Crippen MR) is 110 cm³/mol. The Balaban J connectivity index is 1.32. The Labute approximate surface area is 168 Å². The second-order valence-corrected chi connectivity index (χ2v) is 7.63. The van der Waals surface area contributed by atoms with Gasteiger partial charge in [0.15, 0.2) is 5.82 Å². The highest BCUT2D eigenvalue weighted by Gasteiger charge is 2.22. The molecule has 0 spiro atoms. The molecule has 0 radical (unpaired) electrons. The van der Waals surface area contributed by atoms with Gasteiger partial charge in [0.1, 0.15) is 12.4 Å². The average molecular weight is 395 g/mol. The molecule has 0 bridgehead atoms. The van der Waals surface area contributed by atoms with Gasteiger partial charge in [0.05, 0.1) is 5.75 Å². The van der Waals surface area contributed by atoms with Crippen LogP contribution in [0, 0.1) is 6.92 Å². The highest BCUT2D eigenvalue weighted by Crippen LogP contribution is 2.27. The van der Waals surface area contributed by atoms with E-state index in [1.165, 1.54) is 17.3 Å². The first kappa shape index (κ1) is 18.6. The molecular formula is C21H22N4O2S. The summed E-state index contributed by atoms with van der Waals surface area (Å²) in [5.74, 6) is 1.86. The summed E-state index contributed by atoms with van der Waals surface area (Å²) in [5.41, 5.74) is 3.34. The second-order valence-electron chi connectivity index (χ2n) is 6.69. The maximum absolute atomic E-state index is 12.7. The van der Waals surface area contributed by atoms with Crippen molar-refractivity contribution in [3.63, 3.8) is 0 Å². The van der Waals surface area contributed by atoms with E-state index in [0.717, 1.165) is 36.4 Å². The van der Waals surface area contributed by atoms with Crippen LogP contribution in [0.25, 0.3) is 0 Å². The summed E-state index contributed by atoms with van der Waals surface area (Å²) >= 11 is 1.34. The van der Waals surface area contributed by atoms with Gasteiger partial charge in [-0.05, 0) is 43.0 Å². The van der Waals surface area contributed by atoms with Gasteiger partial charge < -0.3 is 9.64 Å². The summed E-state index contributed by atoms with van der Waals surface area (Å²) in [6, 6.07) is 16.0. The van der Waals surface area contributed by atoms with Crippen molar-refractivity contribution in [1.29, 1.82) is 0 Å². The number of nitrogens with zero attached hydrogens (tertiary/aromatic N) is 3. The number of hydrogen-bond acceptors (Lipinski definition) is 5. The number of carbonyl (C=O) groups is 1. The minimum Gasteiger partial charge on any atom is -0.485 e. The first-order valence-corrected chi connectivity index (χ1v) is 10.3. The standard InChI is InChI=1S/C21H22N4O2S/c1-15-7-2-5-11-18(15)27-13-19-22-21(24-23-19)28-14-20(26)25-12-6-9-16-8-3-4-10-17(16)25/h2-5,7-8,10-11H,6,9,12-14H2,1H3,(H,22,23,24). The summed E-state index contributed by atoms with van der Waals surface area (Å²) < 4.78 is 5.78. The second kappa shape index (κ2) is 8.48. The smallest absolute Gasteiger partial charge is 0.237 e. The van der Waals surface area contributed by atoms with E-state index in [1.807, 2.05) is 54.3 Å². The molecule has 0 unspecified atom stereocenters. The number of aromatic amines is 1. The van der Waals surface area contributed by atoms with Crippen LogP contribution in [-0.2, 0) is 17.8 Å². The number of aryl methyl sites for hydroxylation is 2. The van der Waals surface area contributed by atoms with Gasteiger partial charge in [-0.2, -0.15) is 0 Å². The number of benzene rings is 2. The van der Waals surface area contributed by atoms with Crippen molar-refractivity contribution < 1.29 is 9.53 Å². The molecule has 144 valence electrons. The number of ether oxygens (including phenoxy) is 1. The number of para-hydroxylation sites is 2. The lowest BCUT2D eigenvalue weighted by molar-refractivity contribution is -0.116. The van der Waals surface area contributed by atoms with E-state index in [0.29, 0.717) is 23.3 Å². The Kier molecular flexibility index (Phi) is 5.62. The summed E-state index contributed by atoms with van der Waals surface area (Å²) in [6.45, 7) is 3.08. The third-order valence-corrected chi connectivity index (χ3v) is 5.54. The molecule has 4 rings (SSSR count). The molecule has 7 heteroatoms. The van der Waals surface area contributed by atoms with E-state index in [2.05, 4.69) is 21.2 Å². The highest BCUT2D eigenvalue weighted by molar-refractivity contribution is 7.99. The lowest BCUT2D eigenvalue weighted by atomic mass is 10.0. The monoisotopic (exact) mass is 394 g/mol. The van der Waals surface area contributed by atoms with Crippen molar-refractivity contribution in [1.82, 2.24) is 15.2 Å². The van der Waals surface area contributed by atoms with Gasteiger partial charge in [0.25, 0.3) is 0 Å². The molecule has 1 amide bonds. The number of aromatic nitrogens is 3. The molecule has 2 heterocycles. The molecule has 1 aromatic heterocycles. The maximum atomic E-state index is 12.7. The Morgan fingerprint density at radius 1 is 1.21 bits per heavy atom. The Morgan fingerprint density at radius 2 is 2.04 bits per heavy atom. The van der Waals surface area contributed by atoms with Crippen LogP contribution in [0.2, 0.25) is 0 Å². The zero-order valence-electron chi connectivity index (χ0n) is 15.7. The molecule has 1 aliphatic rings. The Morgan fingerprint density at radius 3 is 2.93 bits per heavy atom. The summed E-state index contributed by atoms with van der Waals surface area (Å²) in [4.78, 5) is 19.0. The van der Waals surface area contributed by atoms with E-state index in [1.54, 1.807) is 0 Å². The largest absolute Gasteiger partial charge is 0.485 e. The molecule has 0 aliphatic carbocycles. The zero-order valence-corrected chi connectivity index (χ0v) is 16.5. The van der Waals surface area contributed by atoms with Crippen LogP contribution < -0.4 is 9.64 Å². The quantitative estimate of drug-likeness (QED) is 0.645. The highest BCUT2D eigenvalue weighted by atomic mass is 32.2. The van der Waals surface area contributed by atoms with E-state index in [9.17, 15) is 4.79 Å². The SMILES string of the molecule is Cc1ccccc1OCc1nc(SCC(=O)N2CCCc3ccccc32)n[nH]1. The fraction of sp³-hybridized carbons (Fsp3) is 0.286. The fourth-order valence-corrected chi connectivity index (χ4v) is 3.96. The summed E-state index contributed by atoms with van der Waals surface area (Å²) in [6.07, 6.45) is 2.02. The van der Waals surface area contributed by atoms with E-state index in [-0.39, 0.29) is 5.91 Å². The fourth-order valence-electron chi connectivity index (χ4n) is 3.27. The number of H-pyrrole nitrogens is 1. The van der Waals surface area contributed by atoms with Crippen LogP contribution in [0.5, 0.6) is 5.75 Å². The van der Waals surface area contributed by atoms with Crippen molar-refractivity contribution in [2.75, 3.05) is 17.2 Å². The van der Waals surface area contributed by atoms with Crippen LogP contribution >= 0.6 is 11.8 Å². The maximum Gasteiger partial charge on any atom is 0.237 e. The summed E-state index contributed by atoms with van der Waals surface area (Å²) in [7, 11) is 0. The lowest BCUT2D eigenvalue weighted by Crippen LogP contribution is -2.36. The van der Waals surface area contributed by atoms with Crippen molar-refractivity contribution in [2.24, 2.45) is 0 Å². The Hall–Kier alpha value is -2.80. The van der Waals surface area contributed by atoms with Crippen molar-refractivity contribution >= 4 is 23.4 Å². The number of anilines is 1. The van der Waals surface area contributed by atoms with Crippen LogP contribution in [0.15, 0.2) is 53.7 Å². The average Bonchev–Trinajstić information content (AvgIpc) is 3.19. The number of rotatable bonds is 6. The molecular weight excluding hydrogens is 372 g/mol. The molecule has 0 saturated carbocycles. The molecule has 1 aliphatic heterocycles. The first-order chi connectivity index (χ1) is 13.7. The molecule has 3 aromatic rings. The van der Waals surface area contributed by atoms with E-state index in [4.69, 9.17) is 4.74 Å². The number of nitrogens with one attached hydrogen (secondary N) is 1. The molecule has 2 aromatic carbocycles. The number of hydrogen-bond donors (Lipinski definition) is 1. The van der Waals surface area contributed by atoms with Crippen LogP contribution in [0.3, 0.4) is 0 Å². The molecule has 28 heavy (non-hydrogen) atoms. The normalized spacial score (nSPS) is 13.2. The minimum atomic E-state index is 0.0830. The molecule has 0 fully saturated rings. The van der Waals surface area contributed by atoms with E-state index >= 15 is 0 Å². The molecule has 0 saturated heterocycles. The third kappa shape index (κ3) is 4.20. The predicted octanol–water partition coefficient (Wildman–Crippen LogP) is 3.76. The van der Waals surface area contributed by atoms with Crippen molar-refractivity contribution in [2.45, 2.75) is 31.5 Å². The summed E-state index contributed by atoms with van der Waals surface area (Å²) in [5, 5.41) is 7.63. The lowest BCUT2D eigenvalue weighted by Gasteiger charge is -2.29. The van der Waals surface area contributed by atoms with Gasteiger partial charge in [-0.1, -0.05) is 48.2 Å². The first-order valence-electron chi connectivity index (χ1n) is 9.31. The zero-order chi connectivity index (χ0) is 19.3. The van der Waals surface area contributed by atoms with E-state index < -0.39 is 0 Å². The van der Waals surface area contributed by atoms with Crippen molar-refractivity contribution in [3.8, 4) is 5.75 Å². The number of fused-ring (bicyclic) bond motifs is 1. The van der Waals surface area contributed by atoms with Gasteiger partial charge >= 0.3 is 0 Å². The Bertz CT molecular complexity index is 972. The number of thioether (sulfide) groups is 1. The van der Waals surface area contributed by atoms with Gasteiger partial charge in [-0.15, -0.1) is 5.10 Å². The topological polar surface area (TPSA) is 71.1 Å². The van der Waals surface area contributed by atoms with Crippen LogP contribution in [-0.4, -0.2) is 33.4 Å². The van der Waals surface area contributed by atoms with Gasteiger partial charge in [-0.3, -0.25) is 9.89 Å². The number of carbonyl (C=O) groups excluding carboxylic acids is 1. The molecule has 6 nitrogen and oxygen atoms in total. The van der Waals surface area contributed by atoms with Gasteiger partial charge in [0, 0.05) is 12.2 Å². The minimum absolute atomic E-state index is 0.0830. The van der Waals surface area contributed by atoms with Crippen LogP contribution in [0.4, 0.5) is 5.69 Å². The van der Waals surface area contributed by atoms with Crippen LogP contribution in [0.1, 0.15) is 23.4 Å². The van der Waals surface area contributed by atoms with Gasteiger partial charge in [0.2, 0.25) is 11.1 Å². The van der Waals surface area contributed by atoms with Crippen molar-refractivity contribution in [3.05, 3.63) is 65.5 Å². The third-order valence-electron chi connectivity index (χ3n) is 4.71.